The molecule has 2 aromatic carbocycles. The monoisotopic (exact) mass is 396 g/mol. The summed E-state index contributed by atoms with van der Waals surface area (Å²) in [5.41, 5.74) is 7.40. The Hall–Kier alpha value is -3.60. The lowest BCUT2D eigenvalue weighted by Crippen LogP contribution is -2.26. The second-order valence-electron chi connectivity index (χ2n) is 8.05. The third-order valence-corrected chi connectivity index (χ3v) is 5.87. The van der Waals surface area contributed by atoms with Gasteiger partial charge in [-0.25, -0.2) is 4.68 Å². The number of nitrogens with zero attached hydrogens (tertiary/aromatic N) is 4. The highest BCUT2D eigenvalue weighted by Crippen LogP contribution is 2.31. The number of aryl methyl sites for hydroxylation is 3. The zero-order chi connectivity index (χ0) is 20.8. The summed E-state index contributed by atoms with van der Waals surface area (Å²) >= 11 is 0. The number of hydrogen-bond acceptors (Lipinski definition) is 2. The first-order valence-corrected chi connectivity index (χ1v) is 10.2. The van der Waals surface area contributed by atoms with Crippen molar-refractivity contribution in [3.63, 3.8) is 0 Å². The van der Waals surface area contributed by atoms with Gasteiger partial charge in [0, 0.05) is 23.5 Å². The zero-order valence-electron chi connectivity index (χ0n) is 17.5. The van der Waals surface area contributed by atoms with Crippen molar-refractivity contribution in [1.29, 1.82) is 0 Å². The summed E-state index contributed by atoms with van der Waals surface area (Å²) in [6.45, 7) is 7.32. The number of aromatic nitrogens is 3. The van der Waals surface area contributed by atoms with Crippen LogP contribution in [0.25, 0.3) is 11.5 Å². The normalized spacial score (nSPS) is 13.0. The molecule has 0 spiro atoms. The Kier molecular flexibility index (Phi) is 4.31. The maximum atomic E-state index is 13.1. The Morgan fingerprint density at radius 1 is 0.900 bits per heavy atom. The molecule has 0 radical (unpaired) electrons. The van der Waals surface area contributed by atoms with Crippen molar-refractivity contribution in [3.05, 3.63) is 101 Å². The van der Waals surface area contributed by atoms with E-state index in [0.717, 1.165) is 33.9 Å². The highest BCUT2D eigenvalue weighted by molar-refractivity contribution is 5.94. The Labute approximate surface area is 176 Å². The molecule has 3 heterocycles. The lowest BCUT2D eigenvalue weighted by molar-refractivity contribution is 0.0749. The molecule has 1 aliphatic heterocycles. The van der Waals surface area contributed by atoms with Gasteiger partial charge in [0.1, 0.15) is 5.82 Å². The van der Waals surface area contributed by atoms with Crippen molar-refractivity contribution < 1.29 is 4.79 Å². The summed E-state index contributed by atoms with van der Waals surface area (Å²) in [6.07, 6.45) is 4.06. The molecule has 4 aromatic rings. The fourth-order valence-electron chi connectivity index (χ4n) is 4.08. The minimum absolute atomic E-state index is 0.0490. The molecule has 0 bridgehead atoms. The lowest BCUT2D eigenvalue weighted by Gasteiger charge is -2.18. The van der Waals surface area contributed by atoms with Crippen LogP contribution in [-0.2, 0) is 13.1 Å². The molecule has 0 aliphatic carbocycles. The van der Waals surface area contributed by atoms with Gasteiger partial charge < -0.3 is 9.47 Å². The van der Waals surface area contributed by atoms with Gasteiger partial charge in [0.05, 0.1) is 24.5 Å². The molecule has 0 saturated heterocycles. The second kappa shape index (κ2) is 7.02. The average Bonchev–Trinajstić information content (AvgIpc) is 3.45. The van der Waals surface area contributed by atoms with Gasteiger partial charge in [-0.15, -0.1) is 0 Å². The molecule has 0 fully saturated rings. The van der Waals surface area contributed by atoms with Gasteiger partial charge in [0.2, 0.25) is 0 Å². The molecule has 0 atom stereocenters. The predicted molar refractivity (Wildman–Crippen MR) is 117 cm³/mol. The third-order valence-electron chi connectivity index (χ3n) is 5.87. The highest BCUT2D eigenvalue weighted by Gasteiger charge is 2.31. The number of benzene rings is 2. The minimum Gasteiger partial charge on any atom is -0.328 e. The van der Waals surface area contributed by atoms with E-state index in [2.05, 4.69) is 36.6 Å². The van der Waals surface area contributed by atoms with Crippen LogP contribution in [-0.4, -0.2) is 25.2 Å². The van der Waals surface area contributed by atoms with Crippen molar-refractivity contribution in [3.8, 4) is 11.5 Å². The number of hydrogen-bond donors (Lipinski definition) is 0. The van der Waals surface area contributed by atoms with Crippen LogP contribution in [0.4, 0.5) is 0 Å². The van der Waals surface area contributed by atoms with Gasteiger partial charge in [0.15, 0.2) is 0 Å². The Balaban J connectivity index is 1.55. The van der Waals surface area contributed by atoms with Gasteiger partial charge in [-0.1, -0.05) is 23.8 Å². The molecule has 30 heavy (non-hydrogen) atoms. The smallest absolute Gasteiger partial charge is 0.254 e. The number of carbonyl (C=O) groups excluding carboxylic acids is 1. The zero-order valence-corrected chi connectivity index (χ0v) is 17.5. The number of rotatable bonds is 3. The third kappa shape index (κ3) is 3.03. The van der Waals surface area contributed by atoms with Crippen molar-refractivity contribution in [1.82, 2.24) is 19.2 Å². The summed E-state index contributed by atoms with van der Waals surface area (Å²) in [7, 11) is 0. The maximum Gasteiger partial charge on any atom is 0.254 e. The highest BCUT2D eigenvalue weighted by atomic mass is 16.2. The molecule has 0 N–H and O–H groups in total. The van der Waals surface area contributed by atoms with E-state index in [1.54, 1.807) is 0 Å². The summed E-state index contributed by atoms with van der Waals surface area (Å²) in [6, 6.07) is 18.2. The topological polar surface area (TPSA) is 43.1 Å². The summed E-state index contributed by atoms with van der Waals surface area (Å²) in [5.74, 6) is 1.05. The molecule has 5 rings (SSSR count). The molecular weight excluding hydrogens is 372 g/mol. The van der Waals surface area contributed by atoms with Crippen LogP contribution in [0.3, 0.4) is 0 Å². The standard InChI is InChI=1S/C25H24N4O/c1-17-7-6-8-20(13-17)25(30)28-15-22-23(16-28)26-29(24(22)27-11-4-5-12-27)21-10-9-18(2)19(3)14-21/h4-14H,15-16H2,1-3H3. The Bertz CT molecular complexity index is 1250. The fraction of sp³-hybridized carbons (Fsp3) is 0.200. The van der Waals surface area contributed by atoms with Crippen LogP contribution in [0.5, 0.6) is 0 Å². The van der Waals surface area contributed by atoms with Gasteiger partial charge >= 0.3 is 0 Å². The van der Waals surface area contributed by atoms with Crippen LogP contribution in [0.15, 0.2) is 67.0 Å². The molecule has 0 unspecified atom stereocenters. The van der Waals surface area contributed by atoms with Gasteiger partial charge in [-0.2, -0.15) is 5.10 Å². The molecule has 2 aromatic heterocycles. The molecule has 1 amide bonds. The quantitative estimate of drug-likeness (QED) is 0.502. The molecular formula is C25H24N4O. The molecule has 150 valence electrons. The van der Waals surface area contributed by atoms with E-state index in [-0.39, 0.29) is 5.91 Å². The number of amides is 1. The Morgan fingerprint density at radius 2 is 1.70 bits per heavy atom. The second-order valence-corrected chi connectivity index (χ2v) is 8.05. The van der Waals surface area contributed by atoms with Crippen LogP contribution in [0, 0.1) is 20.8 Å². The van der Waals surface area contributed by atoms with Crippen LogP contribution < -0.4 is 0 Å². The van der Waals surface area contributed by atoms with E-state index in [0.29, 0.717) is 13.1 Å². The fourth-order valence-corrected chi connectivity index (χ4v) is 4.08. The van der Waals surface area contributed by atoms with Gasteiger partial charge in [-0.05, 0) is 68.3 Å². The van der Waals surface area contributed by atoms with Crippen LogP contribution >= 0.6 is 0 Å². The molecule has 5 heteroatoms. The van der Waals surface area contributed by atoms with E-state index >= 15 is 0 Å². The Morgan fingerprint density at radius 3 is 2.43 bits per heavy atom. The van der Waals surface area contributed by atoms with Crippen molar-refractivity contribution in [2.24, 2.45) is 0 Å². The predicted octanol–water partition coefficient (Wildman–Crippen LogP) is 4.74. The maximum absolute atomic E-state index is 13.1. The van der Waals surface area contributed by atoms with E-state index < -0.39 is 0 Å². The molecule has 0 saturated carbocycles. The first-order chi connectivity index (χ1) is 14.5. The summed E-state index contributed by atoms with van der Waals surface area (Å²) < 4.78 is 4.09. The summed E-state index contributed by atoms with van der Waals surface area (Å²) in [5, 5.41) is 4.93. The van der Waals surface area contributed by atoms with Crippen LogP contribution in [0.2, 0.25) is 0 Å². The van der Waals surface area contributed by atoms with E-state index in [4.69, 9.17) is 5.10 Å². The number of fused-ring (bicyclic) bond motifs is 1. The summed E-state index contributed by atoms with van der Waals surface area (Å²) in [4.78, 5) is 15.0. The van der Waals surface area contributed by atoms with Gasteiger partial charge in [-0.3, -0.25) is 4.79 Å². The van der Waals surface area contributed by atoms with Crippen molar-refractivity contribution in [2.75, 3.05) is 0 Å². The first kappa shape index (κ1) is 18.4. The minimum atomic E-state index is 0.0490. The number of carbonyl (C=O) groups is 1. The van der Waals surface area contributed by atoms with Crippen molar-refractivity contribution >= 4 is 5.91 Å². The largest absolute Gasteiger partial charge is 0.328 e. The van der Waals surface area contributed by atoms with E-state index in [1.165, 1.54) is 11.1 Å². The molecule has 1 aliphatic rings. The van der Waals surface area contributed by atoms with Gasteiger partial charge in [0.25, 0.3) is 5.91 Å². The first-order valence-electron chi connectivity index (χ1n) is 10.2. The van der Waals surface area contributed by atoms with E-state index in [1.807, 2.05) is 65.3 Å². The van der Waals surface area contributed by atoms with E-state index in [9.17, 15) is 4.79 Å². The van der Waals surface area contributed by atoms with Crippen molar-refractivity contribution in [2.45, 2.75) is 33.9 Å². The molecule has 5 nitrogen and oxygen atoms in total. The SMILES string of the molecule is Cc1cccc(C(=O)N2Cc3nn(-c4ccc(C)c(C)c4)c(-n4cccc4)c3C2)c1. The average molecular weight is 396 g/mol. The van der Waals surface area contributed by atoms with Crippen LogP contribution in [0.1, 0.15) is 38.3 Å². The lowest BCUT2D eigenvalue weighted by atomic mass is 10.1.